The number of hydrogen-bond acceptors (Lipinski definition) is 9. The molecule has 2 aromatic rings. The van der Waals surface area contributed by atoms with Gasteiger partial charge in [-0.3, -0.25) is 5.43 Å². The van der Waals surface area contributed by atoms with Gasteiger partial charge in [-0.05, 0) is 57.5 Å². The van der Waals surface area contributed by atoms with Crippen LogP contribution in [0.2, 0.25) is 0 Å². The van der Waals surface area contributed by atoms with Crippen LogP contribution in [0.25, 0.3) is 0 Å². The van der Waals surface area contributed by atoms with Gasteiger partial charge in [-0.15, -0.1) is 0 Å². The van der Waals surface area contributed by atoms with E-state index in [1.165, 1.54) is 7.11 Å². The van der Waals surface area contributed by atoms with Crippen molar-refractivity contribution in [2.24, 2.45) is 5.10 Å². The Labute approximate surface area is 221 Å². The van der Waals surface area contributed by atoms with Crippen molar-refractivity contribution in [2.45, 2.75) is 46.1 Å². The van der Waals surface area contributed by atoms with Crippen LogP contribution in [0.5, 0.6) is 17.2 Å². The quantitative estimate of drug-likeness (QED) is 0.143. The smallest absolute Gasteiger partial charge is 0.337 e. The number of rotatable bonds is 12. The summed E-state index contributed by atoms with van der Waals surface area (Å²) in [5, 5.41) is 19.7. The molecule has 3 rings (SSSR count). The Hall–Kier alpha value is -4.25. The van der Waals surface area contributed by atoms with Gasteiger partial charge in [-0.25, -0.2) is 9.59 Å². The Balaban J connectivity index is 1.70. The molecule has 0 saturated heterocycles. The summed E-state index contributed by atoms with van der Waals surface area (Å²) in [7, 11) is 1.28. The zero-order valence-electron chi connectivity index (χ0n) is 22.1. The number of amides is 2. The number of nitrogens with zero attached hydrogens (tertiary/aromatic N) is 1. The fourth-order valence-corrected chi connectivity index (χ4v) is 3.76. The third-order valence-corrected chi connectivity index (χ3v) is 5.38. The van der Waals surface area contributed by atoms with Crippen molar-refractivity contribution in [1.29, 1.82) is 0 Å². The summed E-state index contributed by atoms with van der Waals surface area (Å²) < 4.78 is 22.2. The third-order valence-electron chi connectivity index (χ3n) is 5.38. The normalized spacial score (nSPS) is 16.1. The Morgan fingerprint density at radius 3 is 2.63 bits per heavy atom. The highest BCUT2D eigenvalue weighted by Crippen LogP contribution is 2.34. The van der Waals surface area contributed by atoms with Crippen molar-refractivity contribution in [1.82, 2.24) is 16.1 Å². The molecule has 0 bridgehead atoms. The molecule has 1 aliphatic rings. The van der Waals surface area contributed by atoms with Crippen LogP contribution in [0.15, 0.2) is 58.8 Å². The molecular formula is C27H34N4O7. The van der Waals surface area contributed by atoms with Crippen LogP contribution >= 0.6 is 0 Å². The molecule has 1 aliphatic heterocycles. The number of hydrazone groups is 1. The molecule has 38 heavy (non-hydrogen) atoms. The molecule has 2 amide bonds. The highest BCUT2D eigenvalue weighted by molar-refractivity contribution is 5.95. The van der Waals surface area contributed by atoms with Gasteiger partial charge >= 0.3 is 12.0 Å². The summed E-state index contributed by atoms with van der Waals surface area (Å²) in [5.74, 6) is 0.879. The monoisotopic (exact) mass is 526 g/mol. The molecule has 11 heteroatoms. The molecule has 204 valence electrons. The van der Waals surface area contributed by atoms with Crippen LogP contribution in [0.1, 0.15) is 44.9 Å². The van der Waals surface area contributed by atoms with E-state index in [9.17, 15) is 14.7 Å². The Morgan fingerprint density at radius 2 is 1.92 bits per heavy atom. The summed E-state index contributed by atoms with van der Waals surface area (Å²) in [6.07, 6.45) is 0.461. The third kappa shape index (κ3) is 7.39. The molecule has 0 aromatic heterocycles. The standard InChI is InChI=1S/C27H34N4O7/c1-6-36-22-13-18(25-24(26(33)35-5)17(4)29-27(34)30-25)11-12-21(22)37-15-23(32)31-28-14-19-9-7-8-10-20(19)38-16(2)3/h7-14,16,23,25,31-32H,6,15H2,1-5H3,(H2,29,30,34)/b28-14+/t23-,25+/m0/s1. The SMILES string of the molecule is CCOc1cc([C@H]2NC(=O)NC(C)=C2C(=O)OC)ccc1OC[C@H](O)N/N=C/c1ccccc1OC(C)C. The number of carbonyl (C=O) groups is 2. The predicted octanol–water partition coefficient (Wildman–Crippen LogP) is 2.99. The minimum atomic E-state index is -1.11. The second-order valence-electron chi connectivity index (χ2n) is 8.62. The topological polar surface area (TPSA) is 140 Å². The Kier molecular flexibility index (Phi) is 9.94. The first-order valence-electron chi connectivity index (χ1n) is 12.2. The van der Waals surface area contributed by atoms with Crippen LogP contribution in [0.3, 0.4) is 0 Å². The van der Waals surface area contributed by atoms with Gasteiger partial charge in [0.05, 0.1) is 37.7 Å². The van der Waals surface area contributed by atoms with Gasteiger partial charge < -0.3 is 34.7 Å². The molecule has 2 atom stereocenters. The number of benzene rings is 2. The van der Waals surface area contributed by atoms with Gasteiger partial charge in [0, 0.05) is 11.3 Å². The fraction of sp³-hybridized carbons (Fsp3) is 0.370. The van der Waals surface area contributed by atoms with Crippen molar-refractivity contribution >= 4 is 18.2 Å². The summed E-state index contributed by atoms with van der Waals surface area (Å²) in [6.45, 7) is 7.55. The van der Waals surface area contributed by atoms with E-state index in [1.807, 2.05) is 45.0 Å². The lowest BCUT2D eigenvalue weighted by molar-refractivity contribution is -0.136. The molecule has 0 fully saturated rings. The number of esters is 1. The van der Waals surface area contributed by atoms with Gasteiger partial charge in [-0.2, -0.15) is 5.10 Å². The van der Waals surface area contributed by atoms with E-state index in [0.29, 0.717) is 35.1 Å². The first-order chi connectivity index (χ1) is 18.2. The van der Waals surface area contributed by atoms with E-state index >= 15 is 0 Å². The number of ether oxygens (including phenoxy) is 4. The Morgan fingerprint density at radius 1 is 1.16 bits per heavy atom. The van der Waals surface area contributed by atoms with Gasteiger partial charge in [0.1, 0.15) is 12.4 Å². The highest BCUT2D eigenvalue weighted by Gasteiger charge is 2.32. The van der Waals surface area contributed by atoms with Crippen molar-refractivity contribution < 1.29 is 33.6 Å². The molecule has 0 saturated carbocycles. The molecular weight excluding hydrogens is 492 g/mol. The predicted molar refractivity (Wildman–Crippen MR) is 141 cm³/mol. The molecule has 0 unspecified atom stereocenters. The van der Waals surface area contributed by atoms with E-state index in [0.717, 1.165) is 5.56 Å². The van der Waals surface area contributed by atoms with Crippen molar-refractivity contribution in [3.8, 4) is 17.2 Å². The largest absolute Gasteiger partial charge is 0.490 e. The average Bonchev–Trinajstić information content (AvgIpc) is 2.88. The number of methoxy groups -OCH3 is 1. The van der Waals surface area contributed by atoms with E-state index in [-0.39, 0.29) is 18.3 Å². The molecule has 4 N–H and O–H groups in total. The minimum Gasteiger partial charge on any atom is -0.490 e. The number of aliphatic hydroxyl groups is 1. The maximum absolute atomic E-state index is 12.4. The van der Waals surface area contributed by atoms with Crippen molar-refractivity contribution in [3.05, 3.63) is 64.9 Å². The van der Waals surface area contributed by atoms with Crippen molar-refractivity contribution in [2.75, 3.05) is 20.3 Å². The van der Waals surface area contributed by atoms with Crippen LogP contribution in [-0.4, -0.2) is 56.0 Å². The molecule has 2 aromatic carbocycles. The number of hydrogen-bond donors (Lipinski definition) is 4. The van der Waals surface area contributed by atoms with E-state index in [4.69, 9.17) is 18.9 Å². The minimum absolute atomic E-state index is 0.0144. The van der Waals surface area contributed by atoms with E-state index in [2.05, 4.69) is 21.2 Å². The summed E-state index contributed by atoms with van der Waals surface area (Å²) in [5.41, 5.74) is 4.66. The van der Waals surface area contributed by atoms with Crippen LogP contribution in [-0.2, 0) is 9.53 Å². The van der Waals surface area contributed by atoms with Gasteiger partial charge in [0.25, 0.3) is 0 Å². The lowest BCUT2D eigenvalue weighted by Gasteiger charge is -2.28. The fourth-order valence-electron chi connectivity index (χ4n) is 3.76. The van der Waals surface area contributed by atoms with Crippen molar-refractivity contribution in [3.63, 3.8) is 0 Å². The number of aliphatic hydroxyl groups excluding tert-OH is 1. The van der Waals surface area contributed by atoms with Gasteiger partial charge in [0.15, 0.2) is 17.7 Å². The highest BCUT2D eigenvalue weighted by atomic mass is 16.5. The van der Waals surface area contributed by atoms with Gasteiger partial charge in [0.2, 0.25) is 0 Å². The number of nitrogens with one attached hydrogen (secondary N) is 3. The summed E-state index contributed by atoms with van der Waals surface area (Å²) >= 11 is 0. The van der Waals surface area contributed by atoms with Crippen LogP contribution in [0, 0.1) is 0 Å². The van der Waals surface area contributed by atoms with Crippen LogP contribution < -0.4 is 30.3 Å². The number of para-hydroxylation sites is 1. The second-order valence-corrected chi connectivity index (χ2v) is 8.62. The summed E-state index contributed by atoms with van der Waals surface area (Å²) in [6, 6.07) is 11.3. The lowest BCUT2D eigenvalue weighted by atomic mass is 9.95. The van der Waals surface area contributed by atoms with E-state index in [1.54, 1.807) is 31.3 Å². The van der Waals surface area contributed by atoms with Gasteiger partial charge in [-0.1, -0.05) is 18.2 Å². The van der Waals surface area contributed by atoms with E-state index < -0.39 is 24.3 Å². The lowest BCUT2D eigenvalue weighted by Crippen LogP contribution is -2.45. The average molecular weight is 527 g/mol. The molecule has 11 nitrogen and oxygen atoms in total. The zero-order valence-corrected chi connectivity index (χ0v) is 22.1. The number of allylic oxidation sites excluding steroid dienone is 1. The molecule has 0 aliphatic carbocycles. The first kappa shape index (κ1) is 28.3. The summed E-state index contributed by atoms with van der Waals surface area (Å²) in [4.78, 5) is 24.5. The Bertz CT molecular complexity index is 1200. The molecule has 0 spiro atoms. The number of carbonyl (C=O) groups excluding carboxylic acids is 2. The second kappa shape index (κ2) is 13.3. The maximum Gasteiger partial charge on any atom is 0.337 e. The number of urea groups is 1. The first-order valence-corrected chi connectivity index (χ1v) is 12.2. The molecule has 0 radical (unpaired) electrons. The molecule has 1 heterocycles. The van der Waals surface area contributed by atoms with Crippen LogP contribution in [0.4, 0.5) is 4.79 Å². The zero-order chi connectivity index (χ0) is 27.7. The maximum atomic E-state index is 12.4.